The Bertz CT molecular complexity index is 249. The second-order valence-corrected chi connectivity index (χ2v) is 4.84. The van der Waals surface area contributed by atoms with Crippen LogP contribution >= 0.6 is 0 Å². The molecular weight excluding hydrogens is 144 g/mol. The van der Waals surface area contributed by atoms with Crippen LogP contribution < -0.4 is 0 Å². The minimum Gasteiger partial charge on any atom is -0.0996 e. The lowest BCUT2D eigenvalue weighted by Crippen LogP contribution is -2.35. The summed E-state index contributed by atoms with van der Waals surface area (Å²) in [6, 6.07) is 0. The molecule has 64 valence electrons. The zero-order chi connectivity index (χ0) is 8.13. The first kappa shape index (κ1) is 6.94. The van der Waals surface area contributed by atoms with Crippen LogP contribution in [-0.2, 0) is 0 Å². The van der Waals surface area contributed by atoms with Crippen molar-refractivity contribution < 1.29 is 0 Å². The van der Waals surface area contributed by atoms with Crippen LogP contribution in [0, 0.1) is 23.7 Å². The molecule has 4 unspecified atom stereocenters. The van der Waals surface area contributed by atoms with Gasteiger partial charge in [-0.05, 0) is 49.4 Å². The van der Waals surface area contributed by atoms with Crippen LogP contribution in [0.5, 0.6) is 0 Å². The molecular formula is C12H16. The van der Waals surface area contributed by atoms with Gasteiger partial charge in [0.25, 0.3) is 0 Å². The van der Waals surface area contributed by atoms with Gasteiger partial charge < -0.3 is 0 Å². The molecule has 3 aliphatic carbocycles. The molecule has 3 rings (SSSR count). The van der Waals surface area contributed by atoms with Gasteiger partial charge in [-0.25, -0.2) is 0 Å². The smallest absolute Gasteiger partial charge is 0.0167 e. The maximum atomic E-state index is 4.22. The van der Waals surface area contributed by atoms with Gasteiger partial charge in [0.1, 0.15) is 0 Å². The molecule has 0 heteroatoms. The van der Waals surface area contributed by atoms with Crippen molar-refractivity contribution in [1.29, 1.82) is 0 Å². The van der Waals surface area contributed by atoms with Crippen LogP contribution in [-0.4, -0.2) is 0 Å². The van der Waals surface area contributed by atoms with E-state index in [1.807, 2.05) is 0 Å². The van der Waals surface area contributed by atoms with Gasteiger partial charge in [-0.3, -0.25) is 0 Å². The first-order chi connectivity index (χ1) is 5.83. The minimum absolute atomic E-state index is 0.866. The lowest BCUT2D eigenvalue weighted by molar-refractivity contribution is 0.151. The standard InChI is InChI=1S/C12H16/c1-8-4-10-3-2-9-5-11(8)7-12(10)6-9/h2-3,9-12H,1,4-7H2. The van der Waals surface area contributed by atoms with Gasteiger partial charge in [0.05, 0.1) is 0 Å². The summed E-state index contributed by atoms with van der Waals surface area (Å²) in [6.45, 7) is 4.22. The number of hydrogen-bond acceptors (Lipinski definition) is 0. The van der Waals surface area contributed by atoms with E-state index in [1.54, 1.807) is 5.57 Å². The van der Waals surface area contributed by atoms with E-state index in [4.69, 9.17) is 0 Å². The van der Waals surface area contributed by atoms with Crippen molar-refractivity contribution in [3.05, 3.63) is 24.3 Å². The lowest BCUT2D eigenvalue weighted by Gasteiger charge is -2.46. The minimum atomic E-state index is 0.866. The molecule has 0 amide bonds. The van der Waals surface area contributed by atoms with E-state index in [9.17, 15) is 0 Å². The maximum absolute atomic E-state index is 4.22. The molecule has 0 radical (unpaired) electrons. The van der Waals surface area contributed by atoms with Crippen LogP contribution in [0.25, 0.3) is 0 Å². The Morgan fingerprint density at radius 2 is 2.08 bits per heavy atom. The Morgan fingerprint density at radius 3 is 3.00 bits per heavy atom. The fraction of sp³-hybridized carbons (Fsp3) is 0.667. The Balaban J connectivity index is 2.01. The van der Waals surface area contributed by atoms with Crippen molar-refractivity contribution in [1.82, 2.24) is 0 Å². The van der Waals surface area contributed by atoms with Gasteiger partial charge in [0.2, 0.25) is 0 Å². The van der Waals surface area contributed by atoms with E-state index in [2.05, 4.69) is 18.7 Å². The predicted octanol–water partition coefficient (Wildman–Crippen LogP) is 3.16. The first-order valence-corrected chi connectivity index (χ1v) is 5.19. The summed E-state index contributed by atoms with van der Waals surface area (Å²) in [6.07, 6.45) is 10.6. The number of hydrogen-bond donors (Lipinski definition) is 0. The quantitative estimate of drug-likeness (QED) is 0.477. The zero-order valence-electron chi connectivity index (χ0n) is 7.50. The Hall–Kier alpha value is -0.520. The Kier molecular flexibility index (Phi) is 1.30. The van der Waals surface area contributed by atoms with E-state index >= 15 is 0 Å². The van der Waals surface area contributed by atoms with Gasteiger partial charge in [0.15, 0.2) is 0 Å². The van der Waals surface area contributed by atoms with E-state index in [-0.39, 0.29) is 0 Å². The highest BCUT2D eigenvalue weighted by molar-refractivity contribution is 5.18. The average molecular weight is 160 g/mol. The Morgan fingerprint density at radius 1 is 1.17 bits per heavy atom. The molecule has 0 spiro atoms. The zero-order valence-corrected chi connectivity index (χ0v) is 7.50. The first-order valence-electron chi connectivity index (χ1n) is 5.19. The number of fused-ring (bicyclic) bond motifs is 2. The van der Waals surface area contributed by atoms with Crippen molar-refractivity contribution in [3.63, 3.8) is 0 Å². The topological polar surface area (TPSA) is 0 Å². The largest absolute Gasteiger partial charge is 0.0996 e. The summed E-state index contributed by atoms with van der Waals surface area (Å²) in [5, 5.41) is 0. The maximum Gasteiger partial charge on any atom is -0.0167 e. The molecule has 0 heterocycles. The normalized spacial score (nSPS) is 49.8. The summed E-state index contributed by atoms with van der Waals surface area (Å²) < 4.78 is 0. The molecule has 3 bridgehead atoms. The van der Waals surface area contributed by atoms with Gasteiger partial charge in [-0.1, -0.05) is 24.3 Å². The second-order valence-electron chi connectivity index (χ2n) is 4.84. The molecule has 0 nitrogen and oxygen atoms in total. The molecule has 0 N–H and O–H groups in total. The fourth-order valence-corrected chi connectivity index (χ4v) is 3.41. The second kappa shape index (κ2) is 2.25. The summed E-state index contributed by atoms with van der Waals surface area (Å²) in [4.78, 5) is 0. The van der Waals surface area contributed by atoms with E-state index in [1.165, 1.54) is 25.7 Å². The van der Waals surface area contributed by atoms with E-state index in [0.717, 1.165) is 23.7 Å². The summed E-state index contributed by atoms with van der Waals surface area (Å²) in [5.41, 5.74) is 1.55. The third-order valence-corrected chi connectivity index (χ3v) is 4.09. The van der Waals surface area contributed by atoms with Gasteiger partial charge in [0, 0.05) is 0 Å². The molecule has 0 aliphatic heterocycles. The van der Waals surface area contributed by atoms with Crippen LogP contribution in [0.1, 0.15) is 25.7 Å². The highest BCUT2D eigenvalue weighted by Crippen LogP contribution is 2.50. The van der Waals surface area contributed by atoms with Crippen molar-refractivity contribution in [2.45, 2.75) is 25.7 Å². The van der Waals surface area contributed by atoms with Gasteiger partial charge >= 0.3 is 0 Å². The van der Waals surface area contributed by atoms with E-state index < -0.39 is 0 Å². The van der Waals surface area contributed by atoms with Crippen molar-refractivity contribution in [2.75, 3.05) is 0 Å². The Labute approximate surface area is 74.4 Å². The number of rotatable bonds is 0. The summed E-state index contributed by atoms with van der Waals surface area (Å²) in [5.74, 6) is 3.67. The highest BCUT2D eigenvalue weighted by atomic mass is 14.4. The van der Waals surface area contributed by atoms with Crippen LogP contribution in [0.15, 0.2) is 24.3 Å². The molecule has 0 aromatic carbocycles. The van der Waals surface area contributed by atoms with Crippen LogP contribution in [0.2, 0.25) is 0 Å². The third kappa shape index (κ3) is 0.840. The molecule has 0 saturated heterocycles. The summed E-state index contributed by atoms with van der Waals surface area (Å²) in [7, 11) is 0. The fourth-order valence-electron chi connectivity index (χ4n) is 3.41. The molecule has 2 fully saturated rings. The number of allylic oxidation sites excluding steroid dienone is 3. The molecule has 4 atom stereocenters. The average Bonchev–Trinajstić information content (AvgIpc) is 2.07. The van der Waals surface area contributed by atoms with Gasteiger partial charge in [-0.2, -0.15) is 0 Å². The third-order valence-electron chi connectivity index (χ3n) is 4.09. The van der Waals surface area contributed by atoms with E-state index in [0.29, 0.717) is 0 Å². The van der Waals surface area contributed by atoms with Crippen LogP contribution in [0.4, 0.5) is 0 Å². The molecule has 0 aromatic rings. The van der Waals surface area contributed by atoms with Crippen molar-refractivity contribution in [3.8, 4) is 0 Å². The summed E-state index contributed by atoms with van der Waals surface area (Å²) >= 11 is 0. The van der Waals surface area contributed by atoms with Crippen LogP contribution in [0.3, 0.4) is 0 Å². The van der Waals surface area contributed by atoms with Crippen molar-refractivity contribution in [2.24, 2.45) is 23.7 Å². The lowest BCUT2D eigenvalue weighted by atomic mass is 9.59. The molecule has 12 heavy (non-hydrogen) atoms. The molecule has 2 saturated carbocycles. The SMILES string of the molecule is C=C1CC2C=CC3CC1CC2C3. The predicted molar refractivity (Wildman–Crippen MR) is 50.7 cm³/mol. The monoisotopic (exact) mass is 160 g/mol. The van der Waals surface area contributed by atoms with Gasteiger partial charge in [-0.15, -0.1) is 0 Å². The molecule has 0 aromatic heterocycles. The van der Waals surface area contributed by atoms with Crippen molar-refractivity contribution >= 4 is 0 Å². The molecule has 3 aliphatic rings. The highest BCUT2D eigenvalue weighted by Gasteiger charge is 2.39.